The van der Waals surface area contributed by atoms with Crippen LogP contribution in [0.15, 0.2) is 30.5 Å². The molecular weight excluding hydrogens is 399 g/mol. The lowest BCUT2D eigenvalue weighted by Gasteiger charge is -2.34. The van der Waals surface area contributed by atoms with Crippen molar-refractivity contribution in [3.8, 4) is 5.75 Å². The molecular formula is C19H22F3N7O. The first-order valence-corrected chi connectivity index (χ1v) is 9.54. The topological polar surface area (TPSA) is 79.6 Å². The van der Waals surface area contributed by atoms with E-state index in [0.717, 1.165) is 22.0 Å². The van der Waals surface area contributed by atoms with Crippen LogP contribution in [-0.4, -0.2) is 52.4 Å². The normalized spacial score (nSPS) is 17.4. The summed E-state index contributed by atoms with van der Waals surface area (Å²) in [4.78, 5) is 10.6. The molecule has 160 valence electrons. The molecule has 8 nitrogen and oxygen atoms in total. The number of methoxy groups -OCH3 is 1. The van der Waals surface area contributed by atoms with Crippen molar-refractivity contribution in [1.29, 1.82) is 0 Å². The molecule has 0 amide bonds. The highest BCUT2D eigenvalue weighted by Gasteiger charge is 2.36. The number of hydrogen-bond donors (Lipinski definition) is 2. The van der Waals surface area contributed by atoms with Crippen LogP contribution in [0.25, 0.3) is 5.65 Å². The molecule has 4 rings (SSSR count). The van der Waals surface area contributed by atoms with Crippen LogP contribution in [-0.2, 0) is 12.7 Å². The maximum atomic E-state index is 13.5. The van der Waals surface area contributed by atoms with Crippen molar-refractivity contribution in [3.63, 3.8) is 0 Å². The molecule has 1 atom stereocenters. The second-order valence-electron chi connectivity index (χ2n) is 7.09. The van der Waals surface area contributed by atoms with Gasteiger partial charge < -0.3 is 20.3 Å². The van der Waals surface area contributed by atoms with Crippen molar-refractivity contribution in [2.75, 3.05) is 37.0 Å². The van der Waals surface area contributed by atoms with Gasteiger partial charge in [0.1, 0.15) is 11.3 Å². The molecule has 0 bridgehead atoms. The zero-order valence-electron chi connectivity index (χ0n) is 16.6. The molecule has 1 saturated heterocycles. The minimum Gasteiger partial charge on any atom is -0.497 e. The molecule has 1 aliphatic heterocycles. The summed E-state index contributed by atoms with van der Waals surface area (Å²) in [6.45, 7) is 4.34. The average molecular weight is 421 g/mol. The zero-order chi connectivity index (χ0) is 21.3. The highest BCUT2D eigenvalue weighted by atomic mass is 19.4. The predicted octanol–water partition coefficient (Wildman–Crippen LogP) is 2.56. The maximum Gasteiger partial charge on any atom is 0.421 e. The first-order chi connectivity index (χ1) is 14.4. The fraction of sp³-hybridized carbons (Fsp3) is 0.421. The molecule has 1 unspecified atom stereocenters. The third-order valence-corrected chi connectivity index (χ3v) is 5.03. The highest BCUT2D eigenvalue weighted by molar-refractivity contribution is 5.56. The highest BCUT2D eigenvalue weighted by Crippen LogP contribution is 2.33. The van der Waals surface area contributed by atoms with E-state index < -0.39 is 11.7 Å². The van der Waals surface area contributed by atoms with Gasteiger partial charge >= 0.3 is 6.18 Å². The Bertz CT molecular complexity index is 1020. The van der Waals surface area contributed by atoms with E-state index in [1.807, 2.05) is 36.1 Å². The number of nitrogens with one attached hydrogen (secondary N) is 2. The lowest BCUT2D eigenvalue weighted by atomic mass is 10.2. The van der Waals surface area contributed by atoms with Gasteiger partial charge in [-0.2, -0.15) is 32.8 Å². The van der Waals surface area contributed by atoms with Gasteiger partial charge in [-0.3, -0.25) is 0 Å². The monoisotopic (exact) mass is 421 g/mol. The summed E-state index contributed by atoms with van der Waals surface area (Å²) in [6.07, 6.45) is -3.77. The Hall–Kier alpha value is -3.08. The molecule has 0 aliphatic carbocycles. The quantitative estimate of drug-likeness (QED) is 0.656. The van der Waals surface area contributed by atoms with Crippen LogP contribution in [0.4, 0.5) is 25.1 Å². The van der Waals surface area contributed by atoms with Gasteiger partial charge in [0.05, 0.1) is 13.3 Å². The molecule has 30 heavy (non-hydrogen) atoms. The van der Waals surface area contributed by atoms with Crippen LogP contribution in [0, 0.1) is 0 Å². The van der Waals surface area contributed by atoms with Gasteiger partial charge in [0, 0.05) is 32.2 Å². The van der Waals surface area contributed by atoms with Crippen molar-refractivity contribution in [3.05, 3.63) is 41.6 Å². The zero-order valence-corrected chi connectivity index (χ0v) is 16.6. The molecule has 2 aromatic heterocycles. The summed E-state index contributed by atoms with van der Waals surface area (Å²) in [6, 6.07) is 7.42. The fourth-order valence-corrected chi connectivity index (χ4v) is 3.37. The van der Waals surface area contributed by atoms with E-state index in [2.05, 4.69) is 25.7 Å². The molecule has 11 heteroatoms. The van der Waals surface area contributed by atoms with E-state index in [1.165, 1.54) is 0 Å². The Morgan fingerprint density at radius 2 is 2.00 bits per heavy atom. The van der Waals surface area contributed by atoms with Crippen molar-refractivity contribution < 1.29 is 17.9 Å². The summed E-state index contributed by atoms with van der Waals surface area (Å²) >= 11 is 0. The molecule has 1 aliphatic rings. The third kappa shape index (κ3) is 3.97. The third-order valence-electron chi connectivity index (χ3n) is 5.03. The van der Waals surface area contributed by atoms with Crippen molar-refractivity contribution in [1.82, 2.24) is 24.9 Å². The van der Waals surface area contributed by atoms with Gasteiger partial charge in [-0.25, -0.2) is 0 Å². The Morgan fingerprint density at radius 1 is 1.23 bits per heavy atom. The number of ether oxygens (including phenoxy) is 1. The van der Waals surface area contributed by atoms with Crippen LogP contribution >= 0.6 is 0 Å². The lowest BCUT2D eigenvalue weighted by Crippen LogP contribution is -2.50. The van der Waals surface area contributed by atoms with Crippen LogP contribution in [0.2, 0.25) is 0 Å². The molecule has 0 spiro atoms. The van der Waals surface area contributed by atoms with E-state index in [4.69, 9.17) is 4.74 Å². The summed E-state index contributed by atoms with van der Waals surface area (Å²) in [5.41, 5.74) is -0.236. The summed E-state index contributed by atoms with van der Waals surface area (Å²) < 4.78 is 46.7. The first-order valence-electron chi connectivity index (χ1n) is 9.54. The van der Waals surface area contributed by atoms with Gasteiger partial charge in [0.2, 0.25) is 11.9 Å². The number of fused-ring (bicyclic) bond motifs is 1. The van der Waals surface area contributed by atoms with Gasteiger partial charge in [-0.05, 0) is 24.6 Å². The number of aromatic nitrogens is 4. The van der Waals surface area contributed by atoms with Gasteiger partial charge in [-0.1, -0.05) is 12.1 Å². The minimum atomic E-state index is -4.56. The van der Waals surface area contributed by atoms with Crippen molar-refractivity contribution in [2.45, 2.75) is 25.7 Å². The van der Waals surface area contributed by atoms with E-state index in [9.17, 15) is 13.2 Å². The second-order valence-corrected chi connectivity index (χ2v) is 7.09. The van der Waals surface area contributed by atoms with E-state index in [1.54, 1.807) is 7.11 Å². The number of alkyl halides is 3. The Balaban J connectivity index is 1.71. The molecule has 0 saturated carbocycles. The van der Waals surface area contributed by atoms with Gasteiger partial charge in [0.25, 0.3) is 0 Å². The SMILES string of the molecule is COc1ccc(CNc2nc(N3CCNCC3C)nc3c(C(F)(F)F)cnn23)cc1. The molecule has 1 fully saturated rings. The van der Waals surface area contributed by atoms with Crippen molar-refractivity contribution in [2.24, 2.45) is 0 Å². The summed E-state index contributed by atoms with van der Waals surface area (Å²) in [5.74, 6) is 1.17. The fourth-order valence-electron chi connectivity index (χ4n) is 3.37. The Kier molecular flexibility index (Phi) is 5.37. The largest absolute Gasteiger partial charge is 0.497 e. The average Bonchev–Trinajstić information content (AvgIpc) is 3.17. The number of anilines is 2. The molecule has 2 N–H and O–H groups in total. The second kappa shape index (κ2) is 7.98. The molecule has 1 aromatic carbocycles. The number of hydrogen-bond acceptors (Lipinski definition) is 7. The predicted molar refractivity (Wildman–Crippen MR) is 106 cm³/mol. The maximum absolute atomic E-state index is 13.5. The summed E-state index contributed by atoms with van der Waals surface area (Å²) in [7, 11) is 1.58. The molecule has 3 heterocycles. The smallest absolute Gasteiger partial charge is 0.421 e. The standard InChI is InChI=1S/C19H22F3N7O/c1-12-9-23-7-8-28(12)18-26-16-15(19(20,21)22)11-25-29(16)17(27-18)24-10-13-3-5-14(30-2)6-4-13/h3-6,11-12,23H,7-10H2,1-2H3,(H,24,26,27). The Morgan fingerprint density at radius 3 is 2.67 bits per heavy atom. The van der Waals surface area contributed by atoms with Crippen LogP contribution in [0.5, 0.6) is 5.75 Å². The number of rotatable bonds is 5. The summed E-state index contributed by atoms with van der Waals surface area (Å²) in [5, 5.41) is 10.2. The van der Waals surface area contributed by atoms with Crippen LogP contribution in [0.3, 0.4) is 0 Å². The van der Waals surface area contributed by atoms with Crippen LogP contribution in [0.1, 0.15) is 18.1 Å². The number of halogens is 3. The number of benzene rings is 1. The number of piperazine rings is 1. The first kappa shape index (κ1) is 20.2. The minimum absolute atomic E-state index is 0.0490. The molecule has 0 radical (unpaired) electrons. The Labute approximate surface area is 171 Å². The molecule has 3 aromatic rings. The van der Waals surface area contributed by atoms with E-state index >= 15 is 0 Å². The lowest BCUT2D eigenvalue weighted by molar-refractivity contribution is -0.136. The van der Waals surface area contributed by atoms with Gasteiger partial charge in [0.15, 0.2) is 5.65 Å². The van der Waals surface area contributed by atoms with Gasteiger partial charge in [-0.15, -0.1) is 0 Å². The van der Waals surface area contributed by atoms with Crippen molar-refractivity contribution >= 4 is 17.5 Å². The van der Waals surface area contributed by atoms with Crippen LogP contribution < -0.4 is 20.3 Å². The number of nitrogens with zero attached hydrogens (tertiary/aromatic N) is 5. The van der Waals surface area contributed by atoms with E-state index in [0.29, 0.717) is 26.2 Å². The van der Waals surface area contributed by atoms with E-state index in [-0.39, 0.29) is 23.6 Å².